The van der Waals surface area contributed by atoms with Gasteiger partial charge in [-0.3, -0.25) is 9.59 Å². The maximum Gasteiger partial charge on any atom is 0.249 e. The quantitative estimate of drug-likeness (QED) is 0.761. The molecule has 1 heterocycles. The summed E-state index contributed by atoms with van der Waals surface area (Å²) in [4.78, 5) is 27.6. The third kappa shape index (κ3) is 4.71. The fraction of sp³-hybridized carbons (Fsp3) is 0.364. The first-order chi connectivity index (χ1) is 13.9. The number of para-hydroxylation sites is 1. The Hall–Kier alpha value is -2.57. The first kappa shape index (κ1) is 21.1. The highest BCUT2D eigenvalue weighted by Gasteiger charge is 2.32. The van der Waals surface area contributed by atoms with E-state index in [-0.39, 0.29) is 17.9 Å². The minimum Gasteiger partial charge on any atom is -0.496 e. The predicted molar refractivity (Wildman–Crippen MR) is 114 cm³/mol. The van der Waals surface area contributed by atoms with Crippen LogP contribution in [0.1, 0.15) is 24.5 Å². The lowest BCUT2D eigenvalue weighted by Crippen LogP contribution is -2.52. The van der Waals surface area contributed by atoms with E-state index in [4.69, 9.17) is 16.3 Å². The van der Waals surface area contributed by atoms with Gasteiger partial charge in [0.05, 0.1) is 19.7 Å². The summed E-state index contributed by atoms with van der Waals surface area (Å²) in [5.74, 6) is 0.292. The summed E-state index contributed by atoms with van der Waals surface area (Å²) in [6.45, 7) is 2.09. The van der Waals surface area contributed by atoms with Crippen molar-refractivity contribution in [1.82, 2.24) is 10.6 Å². The molecule has 2 amide bonds. The number of benzene rings is 2. The highest BCUT2D eigenvalue weighted by molar-refractivity contribution is 6.30. The van der Waals surface area contributed by atoms with E-state index in [9.17, 15) is 9.59 Å². The van der Waals surface area contributed by atoms with Crippen LogP contribution in [-0.2, 0) is 22.6 Å². The molecule has 2 aromatic carbocycles. The molecule has 2 aromatic rings. The summed E-state index contributed by atoms with van der Waals surface area (Å²) in [5.41, 5.74) is 2.77. The molecular formula is C22H26ClN3O3. The molecule has 1 aliphatic heterocycles. The second kappa shape index (κ2) is 9.29. The van der Waals surface area contributed by atoms with E-state index in [0.29, 0.717) is 30.2 Å². The van der Waals surface area contributed by atoms with Gasteiger partial charge in [-0.2, -0.15) is 0 Å². The second-order valence-electron chi connectivity index (χ2n) is 7.12. The molecule has 2 N–H and O–H groups in total. The van der Waals surface area contributed by atoms with Gasteiger partial charge in [0.25, 0.3) is 0 Å². The van der Waals surface area contributed by atoms with Crippen LogP contribution >= 0.6 is 11.6 Å². The van der Waals surface area contributed by atoms with E-state index in [2.05, 4.69) is 10.6 Å². The molecule has 0 spiro atoms. The Morgan fingerprint density at radius 1 is 1.31 bits per heavy atom. The Kier molecular flexibility index (Phi) is 6.77. The van der Waals surface area contributed by atoms with Crippen LogP contribution in [0.4, 0.5) is 5.69 Å². The van der Waals surface area contributed by atoms with Crippen molar-refractivity contribution in [2.45, 2.75) is 38.4 Å². The standard InChI is InChI=1S/C22H26ClN3O3/c1-14(24-2)21(27)25-18-11-9-15-6-4-5-7-19(15)26(22(18)28)13-16-8-10-17(23)12-20(16)29-3/h4-8,10,12,14,18,24H,9,11,13H2,1-3H3,(H,25,27)/t14-,18-/m0/s1. The fourth-order valence-corrected chi connectivity index (χ4v) is 3.62. The normalized spacial score (nSPS) is 17.3. The third-order valence-corrected chi connectivity index (χ3v) is 5.50. The SMILES string of the molecule is CN[C@@H](C)C(=O)N[C@H]1CCc2ccccc2N(Cc2ccc(Cl)cc2OC)C1=O. The molecule has 7 heteroatoms. The summed E-state index contributed by atoms with van der Waals surface area (Å²) >= 11 is 6.08. The molecule has 0 saturated carbocycles. The van der Waals surface area contributed by atoms with Crippen molar-refractivity contribution in [3.63, 3.8) is 0 Å². The van der Waals surface area contributed by atoms with Crippen LogP contribution in [0.5, 0.6) is 5.75 Å². The van der Waals surface area contributed by atoms with Gasteiger partial charge < -0.3 is 20.3 Å². The molecule has 0 aliphatic carbocycles. The minimum atomic E-state index is -0.594. The van der Waals surface area contributed by atoms with Crippen molar-refractivity contribution >= 4 is 29.1 Å². The van der Waals surface area contributed by atoms with Gasteiger partial charge in [-0.25, -0.2) is 0 Å². The average molecular weight is 416 g/mol. The van der Waals surface area contributed by atoms with Gasteiger partial charge in [0.2, 0.25) is 11.8 Å². The number of likely N-dealkylation sites (N-methyl/N-ethyl adjacent to an activating group) is 1. The second-order valence-corrected chi connectivity index (χ2v) is 7.56. The summed E-state index contributed by atoms with van der Waals surface area (Å²) in [6, 6.07) is 12.2. The maximum absolute atomic E-state index is 13.4. The number of halogens is 1. The zero-order valence-corrected chi connectivity index (χ0v) is 17.6. The number of amides is 2. The summed E-state index contributed by atoms with van der Waals surface area (Å²) in [7, 11) is 3.30. The first-order valence-electron chi connectivity index (χ1n) is 9.64. The number of fused-ring (bicyclic) bond motifs is 1. The molecule has 154 valence electrons. The Labute approximate surface area is 176 Å². The molecule has 3 rings (SSSR count). The molecule has 0 unspecified atom stereocenters. The Morgan fingerprint density at radius 2 is 2.07 bits per heavy atom. The number of carbonyl (C=O) groups is 2. The zero-order valence-electron chi connectivity index (χ0n) is 16.9. The van der Waals surface area contributed by atoms with Gasteiger partial charge in [-0.15, -0.1) is 0 Å². The summed E-state index contributed by atoms with van der Waals surface area (Å²) in [5, 5.41) is 6.38. The number of methoxy groups -OCH3 is 1. The van der Waals surface area contributed by atoms with Crippen molar-refractivity contribution < 1.29 is 14.3 Å². The molecule has 0 fully saturated rings. The van der Waals surface area contributed by atoms with Crippen molar-refractivity contribution in [1.29, 1.82) is 0 Å². The van der Waals surface area contributed by atoms with Crippen molar-refractivity contribution in [2.24, 2.45) is 0 Å². The van der Waals surface area contributed by atoms with Gasteiger partial charge in [0, 0.05) is 16.3 Å². The lowest BCUT2D eigenvalue weighted by molar-refractivity contribution is -0.128. The van der Waals surface area contributed by atoms with E-state index in [1.165, 1.54) is 0 Å². The van der Waals surface area contributed by atoms with Gasteiger partial charge >= 0.3 is 0 Å². The molecule has 0 radical (unpaired) electrons. The van der Waals surface area contributed by atoms with Crippen LogP contribution < -0.4 is 20.3 Å². The molecule has 2 atom stereocenters. The number of anilines is 1. The largest absolute Gasteiger partial charge is 0.496 e. The van der Waals surface area contributed by atoms with Crippen molar-refractivity contribution in [2.75, 3.05) is 19.1 Å². The summed E-state index contributed by atoms with van der Waals surface area (Å²) in [6.07, 6.45) is 1.25. The third-order valence-electron chi connectivity index (χ3n) is 5.27. The molecule has 29 heavy (non-hydrogen) atoms. The number of ether oxygens (including phenoxy) is 1. The van der Waals surface area contributed by atoms with E-state index in [0.717, 1.165) is 16.8 Å². The van der Waals surface area contributed by atoms with Crippen LogP contribution in [-0.4, -0.2) is 38.1 Å². The highest BCUT2D eigenvalue weighted by atomic mass is 35.5. The van der Waals surface area contributed by atoms with Gasteiger partial charge in [0.15, 0.2) is 0 Å². The number of nitrogens with zero attached hydrogens (tertiary/aromatic N) is 1. The fourth-order valence-electron chi connectivity index (χ4n) is 3.46. The molecule has 6 nitrogen and oxygen atoms in total. The molecular weight excluding hydrogens is 390 g/mol. The minimum absolute atomic E-state index is 0.136. The van der Waals surface area contributed by atoms with E-state index in [1.807, 2.05) is 30.3 Å². The average Bonchev–Trinajstić information content (AvgIpc) is 2.86. The van der Waals surface area contributed by atoms with Crippen LogP contribution in [0.15, 0.2) is 42.5 Å². The lowest BCUT2D eigenvalue weighted by Gasteiger charge is -2.27. The van der Waals surface area contributed by atoms with Gasteiger partial charge in [-0.1, -0.05) is 35.9 Å². The van der Waals surface area contributed by atoms with Crippen LogP contribution in [0.25, 0.3) is 0 Å². The lowest BCUT2D eigenvalue weighted by atomic mass is 10.1. The van der Waals surface area contributed by atoms with Crippen molar-refractivity contribution in [3.8, 4) is 5.75 Å². The van der Waals surface area contributed by atoms with E-state index < -0.39 is 6.04 Å². The molecule has 1 aliphatic rings. The first-order valence-corrected chi connectivity index (χ1v) is 10.0. The molecule has 0 bridgehead atoms. The number of aryl methyl sites for hydroxylation is 1. The number of hydrogen-bond donors (Lipinski definition) is 2. The van der Waals surface area contributed by atoms with E-state index in [1.54, 1.807) is 38.1 Å². The number of nitrogens with one attached hydrogen (secondary N) is 2. The highest BCUT2D eigenvalue weighted by Crippen LogP contribution is 2.31. The van der Waals surface area contributed by atoms with E-state index >= 15 is 0 Å². The summed E-state index contributed by atoms with van der Waals surface area (Å²) < 4.78 is 5.46. The monoisotopic (exact) mass is 415 g/mol. The molecule has 0 saturated heterocycles. The van der Waals surface area contributed by atoms with Gasteiger partial charge in [-0.05, 0) is 50.6 Å². The van der Waals surface area contributed by atoms with Crippen LogP contribution in [0.3, 0.4) is 0 Å². The topological polar surface area (TPSA) is 70.7 Å². The number of carbonyl (C=O) groups excluding carboxylic acids is 2. The zero-order chi connectivity index (χ0) is 21.0. The predicted octanol–water partition coefficient (Wildman–Crippen LogP) is 2.92. The Balaban J connectivity index is 1.95. The number of rotatable bonds is 6. The van der Waals surface area contributed by atoms with Crippen LogP contribution in [0.2, 0.25) is 5.02 Å². The van der Waals surface area contributed by atoms with Gasteiger partial charge in [0.1, 0.15) is 11.8 Å². The number of hydrogen-bond acceptors (Lipinski definition) is 4. The van der Waals surface area contributed by atoms with Crippen LogP contribution in [0, 0.1) is 0 Å². The Morgan fingerprint density at radius 3 is 2.79 bits per heavy atom. The van der Waals surface area contributed by atoms with Crippen molar-refractivity contribution in [3.05, 3.63) is 58.6 Å². The Bertz CT molecular complexity index is 903. The molecule has 0 aromatic heterocycles. The smallest absolute Gasteiger partial charge is 0.249 e. The maximum atomic E-state index is 13.4.